The van der Waals surface area contributed by atoms with Crippen LogP contribution in [0.3, 0.4) is 0 Å². The van der Waals surface area contributed by atoms with Crippen molar-refractivity contribution in [1.29, 1.82) is 0 Å². The lowest BCUT2D eigenvalue weighted by Gasteiger charge is -2.20. The number of para-hydroxylation sites is 1. The van der Waals surface area contributed by atoms with Crippen LogP contribution < -0.4 is 4.74 Å². The van der Waals surface area contributed by atoms with Gasteiger partial charge < -0.3 is 9.84 Å². The fraction of sp³-hybridized carbons (Fsp3) is 0.438. The quantitative estimate of drug-likeness (QED) is 0.802. The molecule has 0 aliphatic carbocycles. The minimum Gasteiger partial charge on any atom is -0.490 e. The molecule has 4 heteroatoms. The molecule has 0 unspecified atom stereocenters. The molecule has 0 saturated heterocycles. The van der Waals surface area contributed by atoms with Gasteiger partial charge in [0.25, 0.3) is 0 Å². The standard InChI is InChI=1S/C16H20N2O2/c1-16(2,3)15-8-13-12-6-4-5-7-14(12)20-10-11(19)9-18(13)17-15/h4-8,11,19H,9-10H2,1-3H3/t11-/m1/s1. The number of benzene rings is 1. The maximum atomic E-state index is 10.0. The molecule has 0 spiro atoms. The van der Waals surface area contributed by atoms with Gasteiger partial charge in [-0.1, -0.05) is 32.9 Å². The molecule has 3 rings (SSSR count). The van der Waals surface area contributed by atoms with Gasteiger partial charge in [-0.05, 0) is 18.2 Å². The second kappa shape index (κ2) is 4.63. The van der Waals surface area contributed by atoms with Gasteiger partial charge in [-0.25, -0.2) is 0 Å². The predicted molar refractivity (Wildman–Crippen MR) is 77.9 cm³/mol. The second-order valence-electron chi connectivity index (χ2n) is 6.31. The molecule has 1 aromatic heterocycles. The second-order valence-corrected chi connectivity index (χ2v) is 6.31. The van der Waals surface area contributed by atoms with Crippen LogP contribution in [0.5, 0.6) is 5.75 Å². The summed E-state index contributed by atoms with van der Waals surface area (Å²) in [6, 6.07) is 10.0. The monoisotopic (exact) mass is 272 g/mol. The van der Waals surface area contributed by atoms with Gasteiger partial charge in [-0.3, -0.25) is 4.68 Å². The van der Waals surface area contributed by atoms with Crippen LogP contribution in [-0.2, 0) is 12.0 Å². The Kier molecular flexibility index (Phi) is 3.05. The van der Waals surface area contributed by atoms with Crippen LogP contribution in [0.15, 0.2) is 30.3 Å². The summed E-state index contributed by atoms with van der Waals surface area (Å²) in [5, 5.41) is 14.7. The zero-order valence-corrected chi connectivity index (χ0v) is 12.1. The van der Waals surface area contributed by atoms with Crippen LogP contribution in [0.4, 0.5) is 0 Å². The third-order valence-corrected chi connectivity index (χ3v) is 3.53. The minimum atomic E-state index is -0.546. The van der Waals surface area contributed by atoms with Crippen molar-refractivity contribution in [3.05, 3.63) is 36.0 Å². The highest BCUT2D eigenvalue weighted by molar-refractivity contribution is 5.68. The third kappa shape index (κ3) is 2.31. The number of aromatic nitrogens is 2. The molecule has 106 valence electrons. The largest absolute Gasteiger partial charge is 0.490 e. The summed E-state index contributed by atoms with van der Waals surface area (Å²) in [4.78, 5) is 0. The molecular weight excluding hydrogens is 252 g/mol. The van der Waals surface area contributed by atoms with Crippen LogP contribution >= 0.6 is 0 Å². The molecule has 1 N–H and O–H groups in total. The number of fused-ring (bicyclic) bond motifs is 3. The number of hydrogen-bond acceptors (Lipinski definition) is 3. The first-order valence-electron chi connectivity index (χ1n) is 6.94. The van der Waals surface area contributed by atoms with Crippen molar-refractivity contribution in [3.63, 3.8) is 0 Å². The van der Waals surface area contributed by atoms with Gasteiger partial charge in [0.1, 0.15) is 18.5 Å². The van der Waals surface area contributed by atoms with E-state index >= 15 is 0 Å². The first kappa shape index (κ1) is 13.2. The van der Waals surface area contributed by atoms with Gasteiger partial charge in [0.15, 0.2) is 0 Å². The van der Waals surface area contributed by atoms with Crippen LogP contribution in [-0.4, -0.2) is 27.6 Å². The van der Waals surface area contributed by atoms with Crippen LogP contribution in [0.25, 0.3) is 11.3 Å². The molecular formula is C16H20N2O2. The van der Waals surface area contributed by atoms with Gasteiger partial charge in [0.05, 0.1) is 17.9 Å². The normalized spacial score (nSPS) is 18.5. The highest BCUT2D eigenvalue weighted by Gasteiger charge is 2.24. The Hall–Kier alpha value is -1.81. The maximum Gasteiger partial charge on any atom is 0.128 e. The Balaban J connectivity index is 2.18. The number of aliphatic hydroxyl groups excluding tert-OH is 1. The van der Waals surface area contributed by atoms with Crippen molar-refractivity contribution >= 4 is 0 Å². The van der Waals surface area contributed by atoms with Crippen molar-refractivity contribution in [2.45, 2.75) is 38.8 Å². The van der Waals surface area contributed by atoms with E-state index in [-0.39, 0.29) is 5.41 Å². The summed E-state index contributed by atoms with van der Waals surface area (Å²) in [5.74, 6) is 0.799. The maximum absolute atomic E-state index is 10.0. The summed E-state index contributed by atoms with van der Waals surface area (Å²) in [5.41, 5.74) is 3.04. The molecule has 2 heterocycles. The van der Waals surface area contributed by atoms with E-state index in [1.807, 2.05) is 28.9 Å². The van der Waals surface area contributed by atoms with E-state index in [0.717, 1.165) is 22.7 Å². The van der Waals surface area contributed by atoms with E-state index in [1.54, 1.807) is 0 Å². The van der Waals surface area contributed by atoms with E-state index in [0.29, 0.717) is 13.2 Å². The highest BCUT2D eigenvalue weighted by Crippen LogP contribution is 2.34. The lowest BCUT2D eigenvalue weighted by atomic mass is 9.92. The lowest BCUT2D eigenvalue weighted by molar-refractivity contribution is 0.0876. The van der Waals surface area contributed by atoms with Gasteiger partial charge in [-0.15, -0.1) is 0 Å². The molecule has 1 atom stereocenters. The number of ether oxygens (including phenoxy) is 1. The number of aliphatic hydroxyl groups is 1. The third-order valence-electron chi connectivity index (χ3n) is 3.53. The van der Waals surface area contributed by atoms with E-state index in [1.165, 1.54) is 0 Å². The van der Waals surface area contributed by atoms with Crippen molar-refractivity contribution in [1.82, 2.24) is 9.78 Å². The van der Waals surface area contributed by atoms with Gasteiger partial charge >= 0.3 is 0 Å². The Labute approximate surface area is 119 Å². The van der Waals surface area contributed by atoms with Crippen LogP contribution in [0.1, 0.15) is 26.5 Å². The summed E-state index contributed by atoms with van der Waals surface area (Å²) in [7, 11) is 0. The summed E-state index contributed by atoms with van der Waals surface area (Å²) in [6.45, 7) is 7.17. The summed E-state index contributed by atoms with van der Waals surface area (Å²) in [6.07, 6.45) is -0.546. The number of rotatable bonds is 0. The van der Waals surface area contributed by atoms with Crippen molar-refractivity contribution in [2.75, 3.05) is 6.61 Å². The molecule has 2 aromatic rings. The molecule has 1 aliphatic heterocycles. The highest BCUT2D eigenvalue weighted by atomic mass is 16.5. The molecule has 4 nitrogen and oxygen atoms in total. The van der Waals surface area contributed by atoms with Gasteiger partial charge in [-0.2, -0.15) is 5.10 Å². The number of hydrogen-bond donors (Lipinski definition) is 1. The van der Waals surface area contributed by atoms with E-state index in [9.17, 15) is 5.11 Å². The molecule has 0 amide bonds. The number of nitrogens with zero attached hydrogens (tertiary/aromatic N) is 2. The van der Waals surface area contributed by atoms with Gasteiger partial charge in [0.2, 0.25) is 0 Å². The Morgan fingerprint density at radius 1 is 1.30 bits per heavy atom. The van der Waals surface area contributed by atoms with E-state index in [2.05, 4.69) is 31.9 Å². The average molecular weight is 272 g/mol. The molecule has 0 fully saturated rings. The summed E-state index contributed by atoms with van der Waals surface area (Å²) < 4.78 is 7.60. The van der Waals surface area contributed by atoms with E-state index in [4.69, 9.17) is 4.74 Å². The Bertz CT molecular complexity index is 626. The average Bonchev–Trinajstić information content (AvgIpc) is 2.78. The predicted octanol–water partition coefficient (Wildman–Crippen LogP) is 2.60. The van der Waals surface area contributed by atoms with E-state index < -0.39 is 6.10 Å². The Morgan fingerprint density at radius 2 is 2.05 bits per heavy atom. The van der Waals surface area contributed by atoms with Crippen molar-refractivity contribution in [3.8, 4) is 17.0 Å². The van der Waals surface area contributed by atoms with Crippen molar-refractivity contribution < 1.29 is 9.84 Å². The zero-order valence-electron chi connectivity index (χ0n) is 12.1. The smallest absolute Gasteiger partial charge is 0.128 e. The first-order valence-corrected chi connectivity index (χ1v) is 6.94. The molecule has 1 aromatic carbocycles. The molecule has 0 saturated carbocycles. The fourth-order valence-corrected chi connectivity index (χ4v) is 2.38. The zero-order chi connectivity index (χ0) is 14.3. The topological polar surface area (TPSA) is 47.3 Å². The first-order chi connectivity index (χ1) is 9.45. The minimum absolute atomic E-state index is 0.0190. The SMILES string of the molecule is CC(C)(C)c1cc2n(n1)C[C@@H](O)COc1ccccc1-2. The lowest BCUT2D eigenvalue weighted by Crippen LogP contribution is -2.26. The molecule has 0 bridgehead atoms. The van der Waals surface area contributed by atoms with Crippen LogP contribution in [0.2, 0.25) is 0 Å². The van der Waals surface area contributed by atoms with Crippen LogP contribution in [0, 0.1) is 0 Å². The summed E-state index contributed by atoms with van der Waals surface area (Å²) >= 11 is 0. The van der Waals surface area contributed by atoms with Crippen molar-refractivity contribution in [2.24, 2.45) is 0 Å². The Morgan fingerprint density at radius 3 is 2.80 bits per heavy atom. The molecule has 1 aliphatic rings. The fourth-order valence-electron chi connectivity index (χ4n) is 2.38. The molecule has 20 heavy (non-hydrogen) atoms. The van der Waals surface area contributed by atoms with Gasteiger partial charge in [0, 0.05) is 11.0 Å². The molecule has 0 radical (unpaired) electrons.